The fraction of sp³-hybridized carbons (Fsp3) is 0.176. The molecule has 11 heteroatoms. The zero-order chi connectivity index (χ0) is 32.1. The molecule has 5 rings (SSSR count). The normalized spacial score (nSPS) is 13.7. The molecule has 0 saturated heterocycles. The summed E-state index contributed by atoms with van der Waals surface area (Å²) in [6, 6.07) is 22.7. The average molecular weight is 666 g/mol. The number of carbonyl (C=O) groups excluding carboxylic acids is 1. The molecule has 4 aromatic rings. The maximum Gasteiger partial charge on any atom is 0.343 e. The highest BCUT2D eigenvalue weighted by Gasteiger charge is 2.32. The Bertz CT molecular complexity index is 1810. The Labute approximate surface area is 275 Å². The molecule has 0 amide bonds. The standard InChI is InChI=1S/C34H27Cl3N2O6/c1-3-41-30-15-19(9-12-28(30)43-18-20-7-5-6-8-25(20)35)31-23-11-10-22(16-29(23)45-33(39)24(31)17-38)44-34(40)21-13-26(36)32(42-4-2)27(37)14-21/h5-16,31H,3-4,18,39H2,1-2H3. The van der Waals surface area contributed by atoms with Crippen LogP contribution >= 0.6 is 34.8 Å². The van der Waals surface area contributed by atoms with Crippen molar-refractivity contribution < 1.29 is 28.5 Å². The van der Waals surface area contributed by atoms with E-state index in [1.807, 2.05) is 37.3 Å². The van der Waals surface area contributed by atoms with Gasteiger partial charge in [-0.25, -0.2) is 4.79 Å². The van der Waals surface area contributed by atoms with Gasteiger partial charge in [-0.3, -0.25) is 0 Å². The van der Waals surface area contributed by atoms with E-state index in [1.54, 1.807) is 31.2 Å². The summed E-state index contributed by atoms with van der Waals surface area (Å²) < 4.78 is 28.8. The number of benzene rings is 4. The summed E-state index contributed by atoms with van der Waals surface area (Å²) in [5, 5.41) is 11.0. The third-order valence-corrected chi connectivity index (χ3v) is 7.80. The lowest BCUT2D eigenvalue weighted by Crippen LogP contribution is -2.21. The molecule has 4 aromatic carbocycles. The van der Waals surface area contributed by atoms with Gasteiger partial charge in [-0.1, -0.05) is 65.1 Å². The molecule has 0 fully saturated rings. The molecule has 0 saturated carbocycles. The molecule has 0 aromatic heterocycles. The first-order chi connectivity index (χ1) is 21.7. The molecule has 1 atom stereocenters. The zero-order valence-corrected chi connectivity index (χ0v) is 26.5. The topological polar surface area (TPSA) is 113 Å². The third-order valence-electron chi connectivity index (χ3n) is 6.87. The maximum atomic E-state index is 13.0. The van der Waals surface area contributed by atoms with Gasteiger partial charge in [0, 0.05) is 22.2 Å². The minimum Gasteiger partial charge on any atom is -0.491 e. The van der Waals surface area contributed by atoms with Crippen LogP contribution in [-0.2, 0) is 6.61 Å². The molecule has 1 aliphatic heterocycles. The smallest absolute Gasteiger partial charge is 0.343 e. The van der Waals surface area contributed by atoms with Crippen molar-refractivity contribution in [3.8, 4) is 34.8 Å². The van der Waals surface area contributed by atoms with E-state index in [9.17, 15) is 10.1 Å². The van der Waals surface area contributed by atoms with Gasteiger partial charge < -0.3 is 29.4 Å². The minimum atomic E-state index is -0.691. The van der Waals surface area contributed by atoms with E-state index in [1.165, 1.54) is 18.2 Å². The number of hydrogen-bond acceptors (Lipinski definition) is 8. The molecular weight excluding hydrogens is 639 g/mol. The first kappa shape index (κ1) is 31.9. The van der Waals surface area contributed by atoms with Crippen molar-refractivity contribution >= 4 is 40.8 Å². The fourth-order valence-electron chi connectivity index (χ4n) is 4.83. The molecule has 2 N–H and O–H groups in total. The van der Waals surface area contributed by atoms with Crippen LogP contribution in [0.15, 0.2) is 84.3 Å². The van der Waals surface area contributed by atoms with Gasteiger partial charge in [-0.2, -0.15) is 5.26 Å². The van der Waals surface area contributed by atoms with Crippen LogP contribution in [-0.4, -0.2) is 19.2 Å². The Morgan fingerprint density at radius 1 is 0.889 bits per heavy atom. The second-order valence-electron chi connectivity index (χ2n) is 9.74. The number of nitrogens with zero attached hydrogens (tertiary/aromatic N) is 1. The SMILES string of the molecule is CCOc1cc(C2C(C#N)=C(N)Oc3cc(OC(=O)c4cc(Cl)c(OCC)c(Cl)c4)ccc32)ccc1OCc1ccccc1Cl. The quantitative estimate of drug-likeness (QED) is 0.133. The van der Waals surface area contributed by atoms with Crippen molar-refractivity contribution in [3.05, 3.63) is 122 Å². The summed E-state index contributed by atoms with van der Waals surface area (Å²) in [5.74, 6) is 0.443. The average Bonchev–Trinajstić information content (AvgIpc) is 3.02. The molecule has 8 nitrogen and oxygen atoms in total. The summed E-state index contributed by atoms with van der Waals surface area (Å²) in [7, 11) is 0. The van der Waals surface area contributed by atoms with E-state index in [4.69, 9.17) is 64.2 Å². The molecule has 1 aliphatic rings. The second-order valence-corrected chi connectivity index (χ2v) is 11.0. The van der Waals surface area contributed by atoms with Gasteiger partial charge in [0.25, 0.3) is 0 Å². The first-order valence-electron chi connectivity index (χ1n) is 13.9. The number of nitrogens with two attached hydrogens (primary N) is 1. The number of carbonyl (C=O) groups is 1. The lowest BCUT2D eigenvalue weighted by molar-refractivity contribution is 0.0734. The highest BCUT2D eigenvalue weighted by atomic mass is 35.5. The lowest BCUT2D eigenvalue weighted by Gasteiger charge is -2.27. The number of ether oxygens (including phenoxy) is 5. The van der Waals surface area contributed by atoms with E-state index in [0.717, 1.165) is 11.1 Å². The zero-order valence-electron chi connectivity index (χ0n) is 24.2. The highest BCUT2D eigenvalue weighted by molar-refractivity contribution is 6.37. The predicted octanol–water partition coefficient (Wildman–Crippen LogP) is 8.46. The number of nitriles is 1. The summed E-state index contributed by atoms with van der Waals surface area (Å²) >= 11 is 18.8. The number of halogens is 3. The van der Waals surface area contributed by atoms with Gasteiger partial charge in [-0.05, 0) is 55.8 Å². The largest absolute Gasteiger partial charge is 0.491 e. The third kappa shape index (κ3) is 6.91. The van der Waals surface area contributed by atoms with Crippen LogP contribution in [0.5, 0.6) is 28.7 Å². The van der Waals surface area contributed by atoms with Crippen LogP contribution < -0.4 is 29.4 Å². The molecule has 0 bridgehead atoms. The Hall–Kier alpha value is -4.55. The molecule has 1 heterocycles. The van der Waals surface area contributed by atoms with E-state index >= 15 is 0 Å². The van der Waals surface area contributed by atoms with Crippen LogP contribution in [0.3, 0.4) is 0 Å². The summed E-state index contributed by atoms with van der Waals surface area (Å²) in [5.41, 5.74) is 8.76. The first-order valence-corrected chi connectivity index (χ1v) is 15.1. The van der Waals surface area contributed by atoms with Crippen molar-refractivity contribution in [2.45, 2.75) is 26.4 Å². The van der Waals surface area contributed by atoms with Gasteiger partial charge >= 0.3 is 5.97 Å². The lowest BCUT2D eigenvalue weighted by atomic mass is 9.83. The van der Waals surface area contributed by atoms with E-state index in [-0.39, 0.29) is 45.2 Å². The molecule has 0 aliphatic carbocycles. The van der Waals surface area contributed by atoms with Crippen molar-refractivity contribution in [1.82, 2.24) is 0 Å². The Morgan fingerprint density at radius 2 is 1.62 bits per heavy atom. The van der Waals surface area contributed by atoms with Gasteiger partial charge in [0.2, 0.25) is 5.88 Å². The van der Waals surface area contributed by atoms with Gasteiger partial charge in [0.1, 0.15) is 29.7 Å². The van der Waals surface area contributed by atoms with Gasteiger partial charge in [-0.15, -0.1) is 0 Å². The Morgan fingerprint density at radius 3 is 2.31 bits per heavy atom. The van der Waals surface area contributed by atoms with Crippen LogP contribution in [0.4, 0.5) is 0 Å². The van der Waals surface area contributed by atoms with Gasteiger partial charge in [0.05, 0.1) is 34.7 Å². The summed E-state index contributed by atoms with van der Waals surface area (Å²) in [6.07, 6.45) is 0. The summed E-state index contributed by atoms with van der Waals surface area (Å²) in [4.78, 5) is 13.0. The molecule has 0 spiro atoms. The van der Waals surface area contributed by atoms with Crippen LogP contribution in [0.2, 0.25) is 15.1 Å². The molecule has 230 valence electrons. The maximum absolute atomic E-state index is 13.0. The van der Waals surface area contributed by atoms with Crippen LogP contribution in [0, 0.1) is 11.3 Å². The fourth-order valence-corrected chi connectivity index (χ4v) is 5.62. The van der Waals surface area contributed by atoms with Crippen molar-refractivity contribution in [1.29, 1.82) is 5.26 Å². The monoisotopic (exact) mass is 664 g/mol. The molecule has 1 unspecified atom stereocenters. The van der Waals surface area contributed by atoms with E-state index in [0.29, 0.717) is 41.0 Å². The Balaban J connectivity index is 1.43. The van der Waals surface area contributed by atoms with Crippen LogP contribution in [0.25, 0.3) is 0 Å². The number of esters is 1. The Kier molecular flexibility index (Phi) is 9.94. The van der Waals surface area contributed by atoms with Crippen LogP contribution in [0.1, 0.15) is 46.8 Å². The van der Waals surface area contributed by atoms with Crippen molar-refractivity contribution in [3.63, 3.8) is 0 Å². The second kappa shape index (κ2) is 14.0. The van der Waals surface area contributed by atoms with Crippen molar-refractivity contribution in [2.75, 3.05) is 13.2 Å². The number of rotatable bonds is 10. The summed E-state index contributed by atoms with van der Waals surface area (Å²) in [6.45, 7) is 4.65. The minimum absolute atomic E-state index is 0.0689. The molecule has 45 heavy (non-hydrogen) atoms. The molecule has 0 radical (unpaired) electrons. The number of fused-ring (bicyclic) bond motifs is 1. The van der Waals surface area contributed by atoms with E-state index in [2.05, 4.69) is 6.07 Å². The predicted molar refractivity (Wildman–Crippen MR) is 172 cm³/mol. The van der Waals surface area contributed by atoms with E-state index < -0.39 is 11.9 Å². The van der Waals surface area contributed by atoms with Crippen molar-refractivity contribution in [2.24, 2.45) is 5.73 Å². The van der Waals surface area contributed by atoms with Gasteiger partial charge in [0.15, 0.2) is 17.2 Å². The number of allylic oxidation sites excluding steroid dienone is 1. The highest BCUT2D eigenvalue weighted by Crippen LogP contribution is 2.45. The molecular formula is C34H27Cl3N2O6. The number of hydrogen-bond donors (Lipinski definition) is 1.